The van der Waals surface area contributed by atoms with Gasteiger partial charge in [0.1, 0.15) is 39.2 Å². The number of amidine groups is 1. The number of hydrogen-bond acceptors (Lipinski definition) is 2. The van der Waals surface area contributed by atoms with Gasteiger partial charge in [0.05, 0.1) is 0 Å². The van der Waals surface area contributed by atoms with Crippen LogP contribution in [-0.4, -0.2) is 51.8 Å². The van der Waals surface area contributed by atoms with Gasteiger partial charge >= 0.3 is 0 Å². The van der Waals surface area contributed by atoms with Gasteiger partial charge in [-0.25, -0.2) is 4.99 Å². The van der Waals surface area contributed by atoms with Gasteiger partial charge in [0.15, 0.2) is 5.60 Å². The predicted molar refractivity (Wildman–Crippen MR) is 114 cm³/mol. The molecule has 0 amide bonds. The molecular formula is C17H12B5ClN2O. The molecular weight excluding hydrogens is 338 g/mol. The maximum absolute atomic E-state index is 6.27. The quantitative estimate of drug-likeness (QED) is 0.662. The van der Waals surface area contributed by atoms with Crippen molar-refractivity contribution < 1.29 is 4.74 Å². The summed E-state index contributed by atoms with van der Waals surface area (Å²) in [6.45, 7) is 4.23. The van der Waals surface area contributed by atoms with Crippen LogP contribution in [0.5, 0.6) is 0 Å². The molecule has 2 aromatic rings. The summed E-state index contributed by atoms with van der Waals surface area (Å²) in [4.78, 5) is 4.33. The van der Waals surface area contributed by atoms with Crippen LogP contribution in [0.1, 0.15) is 25.0 Å². The van der Waals surface area contributed by atoms with Crippen LogP contribution in [0, 0.1) is 0 Å². The van der Waals surface area contributed by atoms with Crippen molar-refractivity contribution in [3.63, 3.8) is 0 Å². The molecule has 1 atom stereocenters. The second kappa shape index (κ2) is 6.81. The van der Waals surface area contributed by atoms with E-state index in [1.165, 1.54) is 0 Å². The van der Waals surface area contributed by atoms with Crippen LogP contribution in [0.3, 0.4) is 0 Å². The van der Waals surface area contributed by atoms with E-state index >= 15 is 0 Å². The topological polar surface area (TPSA) is 33.6 Å². The molecule has 1 unspecified atom stereocenters. The van der Waals surface area contributed by atoms with Gasteiger partial charge < -0.3 is 10.1 Å². The van der Waals surface area contributed by atoms with Crippen molar-refractivity contribution in [2.45, 2.75) is 19.4 Å². The van der Waals surface area contributed by atoms with Crippen LogP contribution in [0.2, 0.25) is 5.02 Å². The minimum absolute atomic E-state index is 0.148. The Morgan fingerprint density at radius 2 is 1.62 bits per heavy atom. The van der Waals surface area contributed by atoms with Crippen molar-refractivity contribution in [3.8, 4) is 0 Å². The normalized spacial score (nSPS) is 20.3. The van der Waals surface area contributed by atoms with E-state index in [1.54, 1.807) is 12.1 Å². The molecule has 3 nitrogen and oxygen atoms in total. The number of fused-ring (bicyclic) bond motifs is 1. The Balaban J connectivity index is 2.37. The third-order valence-electron chi connectivity index (χ3n) is 4.52. The molecule has 10 radical (unpaired) electrons. The Labute approximate surface area is 165 Å². The molecule has 1 aliphatic rings. The molecule has 1 aliphatic heterocycles. The van der Waals surface area contributed by atoms with Crippen molar-refractivity contribution in [2.75, 3.05) is 11.9 Å². The number of hydrogen-bond donors (Lipinski definition) is 1. The highest BCUT2D eigenvalue weighted by Gasteiger charge is 2.41. The van der Waals surface area contributed by atoms with Crippen LogP contribution in [-0.2, 0) is 10.3 Å². The zero-order valence-electron chi connectivity index (χ0n) is 14.6. The highest BCUT2D eigenvalue weighted by molar-refractivity contribution is 6.67. The summed E-state index contributed by atoms with van der Waals surface area (Å²) < 4.78 is 6.16. The van der Waals surface area contributed by atoms with Crippen LogP contribution in [0.4, 0.5) is 5.69 Å². The summed E-state index contributed by atoms with van der Waals surface area (Å²) in [5.41, 5.74) is 1.68. The van der Waals surface area contributed by atoms with Crippen LogP contribution < -0.4 is 32.6 Å². The van der Waals surface area contributed by atoms with Crippen molar-refractivity contribution >= 4 is 89.9 Å². The van der Waals surface area contributed by atoms with E-state index in [0.717, 1.165) is 11.3 Å². The SMILES string of the molecule is [B]c1c([B])c([B])c(C2(C)OC(=NCC)Nc3ccc(Cl)cc32)c([B])c1[B]. The smallest absolute Gasteiger partial charge is 0.290 e. The summed E-state index contributed by atoms with van der Waals surface area (Å²) in [6.07, 6.45) is 0. The first-order chi connectivity index (χ1) is 12.2. The Morgan fingerprint density at radius 3 is 2.19 bits per heavy atom. The Bertz CT molecular complexity index is 905. The maximum Gasteiger partial charge on any atom is 0.290 e. The Kier molecular flexibility index (Phi) is 5.00. The van der Waals surface area contributed by atoms with Gasteiger partial charge in [0.2, 0.25) is 0 Å². The standard InChI is InChI=1S/C17H12B5ClN2O/c1-3-24-16-25-9-5-4-7(23)6-8(9)17(2,26-16)10-11(18)13(20)15(22)14(21)12(10)19/h4-6H,3H2,1-2H3,(H,24,25). The van der Waals surface area contributed by atoms with Crippen molar-refractivity contribution in [1.29, 1.82) is 0 Å². The Hall–Kier alpha value is -1.68. The monoisotopic (exact) mass is 350 g/mol. The highest BCUT2D eigenvalue weighted by Crippen LogP contribution is 2.40. The number of ether oxygens (including phenoxy) is 1. The number of anilines is 1. The zero-order chi connectivity index (χ0) is 19.2. The Morgan fingerprint density at radius 1 is 1.04 bits per heavy atom. The first kappa shape index (κ1) is 19.1. The lowest BCUT2D eigenvalue weighted by molar-refractivity contribution is 0.114. The first-order valence-electron chi connectivity index (χ1n) is 8.03. The second-order valence-corrected chi connectivity index (χ2v) is 6.61. The number of benzene rings is 2. The van der Waals surface area contributed by atoms with E-state index in [4.69, 9.17) is 55.6 Å². The summed E-state index contributed by atoms with van der Waals surface area (Å²) in [6, 6.07) is 5.70. The van der Waals surface area contributed by atoms with Gasteiger partial charge in [-0.15, -0.1) is 16.4 Å². The van der Waals surface area contributed by atoms with Gasteiger partial charge in [-0.1, -0.05) is 22.5 Å². The lowest BCUT2D eigenvalue weighted by Crippen LogP contribution is -2.60. The lowest BCUT2D eigenvalue weighted by Gasteiger charge is -2.41. The van der Waals surface area contributed by atoms with E-state index in [2.05, 4.69) is 10.3 Å². The predicted octanol–water partition coefficient (Wildman–Crippen LogP) is -1.61. The van der Waals surface area contributed by atoms with Gasteiger partial charge in [-0.05, 0) is 37.6 Å². The third-order valence-corrected chi connectivity index (χ3v) is 4.75. The van der Waals surface area contributed by atoms with Gasteiger partial charge in [0, 0.05) is 22.8 Å². The molecule has 0 aromatic heterocycles. The minimum Gasteiger partial charge on any atom is -0.449 e. The molecule has 1 heterocycles. The average Bonchev–Trinajstić information content (AvgIpc) is 2.59. The molecule has 0 aliphatic carbocycles. The molecule has 0 saturated carbocycles. The number of nitrogens with zero attached hydrogens (tertiary/aromatic N) is 1. The summed E-state index contributed by atoms with van der Waals surface area (Å²) in [5.74, 6) is 0. The van der Waals surface area contributed by atoms with Crippen molar-refractivity contribution in [2.24, 2.45) is 4.99 Å². The fraction of sp³-hybridized carbons (Fsp3) is 0.235. The minimum atomic E-state index is -1.12. The van der Waals surface area contributed by atoms with Gasteiger partial charge in [-0.3, -0.25) is 0 Å². The molecule has 0 fully saturated rings. The molecule has 9 heteroatoms. The lowest BCUT2D eigenvalue weighted by atomic mass is 9.58. The first-order valence-corrected chi connectivity index (χ1v) is 8.40. The summed E-state index contributed by atoms with van der Waals surface area (Å²) >= 11 is 6.21. The summed E-state index contributed by atoms with van der Waals surface area (Å²) in [5, 5.41) is 3.66. The van der Waals surface area contributed by atoms with Crippen LogP contribution in [0.25, 0.3) is 0 Å². The summed E-state index contributed by atoms with van der Waals surface area (Å²) in [7, 11) is 30.5. The fourth-order valence-electron chi connectivity index (χ4n) is 3.17. The molecule has 118 valence electrons. The van der Waals surface area contributed by atoms with E-state index in [9.17, 15) is 0 Å². The number of nitrogens with one attached hydrogen (secondary N) is 1. The van der Waals surface area contributed by atoms with E-state index in [-0.39, 0.29) is 27.3 Å². The van der Waals surface area contributed by atoms with Crippen molar-refractivity contribution in [3.05, 3.63) is 34.3 Å². The zero-order valence-corrected chi connectivity index (χ0v) is 15.3. The van der Waals surface area contributed by atoms with Crippen LogP contribution >= 0.6 is 11.6 Å². The molecule has 3 rings (SSSR count). The fourth-order valence-corrected chi connectivity index (χ4v) is 3.35. The van der Waals surface area contributed by atoms with Crippen molar-refractivity contribution in [1.82, 2.24) is 0 Å². The molecule has 2 aromatic carbocycles. The van der Waals surface area contributed by atoms with Gasteiger partial charge in [0.25, 0.3) is 6.02 Å². The maximum atomic E-state index is 6.27. The number of aliphatic imine (C=N–C) groups is 1. The molecule has 0 saturated heterocycles. The molecule has 0 bridgehead atoms. The molecule has 0 spiro atoms. The highest BCUT2D eigenvalue weighted by atomic mass is 35.5. The number of rotatable bonds is 2. The largest absolute Gasteiger partial charge is 0.449 e. The van der Waals surface area contributed by atoms with Crippen LogP contribution in [0.15, 0.2) is 23.2 Å². The van der Waals surface area contributed by atoms with E-state index in [1.807, 2.05) is 19.9 Å². The molecule has 26 heavy (non-hydrogen) atoms. The number of halogens is 1. The van der Waals surface area contributed by atoms with E-state index < -0.39 is 5.60 Å². The average molecular weight is 350 g/mol. The van der Waals surface area contributed by atoms with E-state index in [0.29, 0.717) is 23.2 Å². The van der Waals surface area contributed by atoms with Gasteiger partial charge in [-0.2, -0.15) is 0 Å². The third kappa shape index (κ3) is 2.88. The second-order valence-electron chi connectivity index (χ2n) is 6.17. The molecule has 1 N–H and O–H groups in total.